The molecule has 0 unspecified atom stereocenters. The number of fused-ring (bicyclic) bond motifs is 1. The molecule has 1 aliphatic heterocycles. The fourth-order valence-electron chi connectivity index (χ4n) is 3.28. The van der Waals surface area contributed by atoms with Crippen molar-refractivity contribution in [2.24, 2.45) is 0 Å². The van der Waals surface area contributed by atoms with Crippen LogP contribution in [0.2, 0.25) is 0 Å². The number of nitrogens with one attached hydrogen (secondary N) is 1. The predicted octanol–water partition coefficient (Wildman–Crippen LogP) is 3.16. The monoisotopic (exact) mass is 397 g/mol. The second kappa shape index (κ2) is 7.09. The van der Waals surface area contributed by atoms with E-state index in [0.29, 0.717) is 12.5 Å². The molecule has 0 radical (unpaired) electrons. The quantitative estimate of drug-likeness (QED) is 0.713. The number of aromatic nitrogens is 3. The molecule has 2 aromatic heterocycles. The summed E-state index contributed by atoms with van der Waals surface area (Å²) in [5.74, 6) is 2.16. The van der Waals surface area contributed by atoms with E-state index in [9.17, 15) is 4.79 Å². The number of benzene rings is 1. The van der Waals surface area contributed by atoms with Crippen LogP contribution in [0.3, 0.4) is 0 Å². The molecular formula is C19H19N5OS2. The van der Waals surface area contributed by atoms with Crippen LogP contribution in [-0.4, -0.2) is 38.5 Å². The van der Waals surface area contributed by atoms with Gasteiger partial charge in [-0.2, -0.15) is 4.98 Å². The Morgan fingerprint density at radius 1 is 1.22 bits per heavy atom. The molecule has 8 heteroatoms. The van der Waals surface area contributed by atoms with Crippen LogP contribution >= 0.6 is 23.1 Å². The van der Waals surface area contributed by atoms with Gasteiger partial charge < -0.3 is 10.2 Å². The van der Waals surface area contributed by atoms with E-state index < -0.39 is 0 Å². The number of rotatable bonds is 5. The van der Waals surface area contributed by atoms with E-state index in [4.69, 9.17) is 4.98 Å². The molecule has 1 amide bonds. The van der Waals surface area contributed by atoms with E-state index in [1.54, 1.807) is 29.4 Å². The Morgan fingerprint density at radius 3 is 2.89 bits per heavy atom. The Kier molecular flexibility index (Phi) is 4.45. The lowest BCUT2D eigenvalue weighted by molar-refractivity contribution is -0.122. The van der Waals surface area contributed by atoms with Crippen LogP contribution in [0.5, 0.6) is 0 Å². The van der Waals surface area contributed by atoms with Gasteiger partial charge >= 0.3 is 0 Å². The van der Waals surface area contributed by atoms with E-state index in [1.165, 1.54) is 12.8 Å². The van der Waals surface area contributed by atoms with Gasteiger partial charge in [0.2, 0.25) is 5.91 Å². The van der Waals surface area contributed by atoms with Crippen molar-refractivity contribution in [1.82, 2.24) is 20.3 Å². The Balaban J connectivity index is 1.35. The maximum Gasteiger partial charge on any atom is 0.243 e. The third kappa shape index (κ3) is 3.39. The van der Waals surface area contributed by atoms with E-state index in [2.05, 4.69) is 20.2 Å². The van der Waals surface area contributed by atoms with Crippen LogP contribution in [0.15, 0.2) is 36.7 Å². The van der Waals surface area contributed by atoms with Crippen molar-refractivity contribution >= 4 is 44.5 Å². The molecular weight excluding hydrogens is 378 g/mol. The molecule has 2 aliphatic rings. The summed E-state index contributed by atoms with van der Waals surface area (Å²) in [5, 5.41) is 3.94. The lowest BCUT2D eigenvalue weighted by Gasteiger charge is -2.22. The average Bonchev–Trinajstić information content (AvgIpc) is 3.26. The van der Waals surface area contributed by atoms with Gasteiger partial charge in [0.25, 0.3) is 0 Å². The predicted molar refractivity (Wildman–Crippen MR) is 109 cm³/mol. The van der Waals surface area contributed by atoms with Gasteiger partial charge in [0, 0.05) is 18.2 Å². The summed E-state index contributed by atoms with van der Waals surface area (Å²) in [6.07, 6.45) is 4.01. The van der Waals surface area contributed by atoms with Gasteiger partial charge in [-0.15, -0.1) is 11.8 Å². The first-order valence-corrected chi connectivity index (χ1v) is 11.0. The lowest BCUT2D eigenvalue weighted by Crippen LogP contribution is -2.44. The average molecular weight is 398 g/mol. The van der Waals surface area contributed by atoms with Crippen molar-refractivity contribution in [2.75, 3.05) is 16.5 Å². The zero-order chi connectivity index (χ0) is 18.2. The second-order valence-corrected chi connectivity index (χ2v) is 8.85. The maximum atomic E-state index is 12.8. The van der Waals surface area contributed by atoms with Crippen molar-refractivity contribution < 1.29 is 4.79 Å². The number of nitrogens with zero attached hydrogens (tertiary/aromatic N) is 4. The second-order valence-electron chi connectivity index (χ2n) is 6.87. The highest BCUT2D eigenvalue weighted by molar-refractivity contribution is 7.99. The first-order valence-electron chi connectivity index (χ1n) is 9.07. The minimum absolute atomic E-state index is 0.0524. The van der Waals surface area contributed by atoms with Crippen LogP contribution in [0.4, 0.5) is 5.13 Å². The molecule has 27 heavy (non-hydrogen) atoms. The molecule has 5 rings (SSSR count). The fourth-order valence-corrected chi connectivity index (χ4v) is 5.66. The van der Waals surface area contributed by atoms with Crippen molar-refractivity contribution in [2.45, 2.75) is 31.3 Å². The van der Waals surface area contributed by atoms with Gasteiger partial charge in [0.15, 0.2) is 10.8 Å². The van der Waals surface area contributed by atoms with Crippen LogP contribution in [0.25, 0.3) is 10.3 Å². The molecule has 6 nitrogen and oxygen atoms in total. The molecule has 1 atom stereocenters. The Hall–Kier alpha value is -2.19. The molecule has 1 N–H and O–H groups in total. The molecule has 1 aliphatic carbocycles. The van der Waals surface area contributed by atoms with Crippen molar-refractivity contribution in [1.29, 1.82) is 0 Å². The summed E-state index contributed by atoms with van der Waals surface area (Å²) >= 11 is 3.39. The van der Waals surface area contributed by atoms with E-state index >= 15 is 0 Å². The van der Waals surface area contributed by atoms with Gasteiger partial charge in [-0.1, -0.05) is 41.7 Å². The van der Waals surface area contributed by atoms with Crippen molar-refractivity contribution in [3.63, 3.8) is 0 Å². The first-order chi connectivity index (χ1) is 13.3. The summed E-state index contributed by atoms with van der Waals surface area (Å²) in [4.78, 5) is 28.4. The van der Waals surface area contributed by atoms with Gasteiger partial charge in [-0.25, -0.2) is 9.97 Å². The molecule has 3 heterocycles. The van der Waals surface area contributed by atoms with Crippen molar-refractivity contribution in [3.8, 4) is 0 Å². The Bertz CT molecular complexity index is 973. The number of carbonyl (C=O) groups is 1. The van der Waals surface area contributed by atoms with Crippen molar-refractivity contribution in [3.05, 3.63) is 47.9 Å². The highest BCUT2D eigenvalue weighted by Gasteiger charge is 2.34. The van der Waals surface area contributed by atoms with Gasteiger partial charge in [0.05, 0.1) is 16.3 Å². The minimum Gasteiger partial charge on any atom is -0.350 e. The minimum atomic E-state index is -0.198. The summed E-state index contributed by atoms with van der Waals surface area (Å²) in [6.45, 7) is 0.547. The lowest BCUT2D eigenvalue weighted by atomic mass is 10.2. The third-order valence-corrected chi connectivity index (χ3v) is 7.03. The number of hydrogen-bond acceptors (Lipinski definition) is 7. The number of hydrogen-bond donors (Lipinski definition) is 1. The summed E-state index contributed by atoms with van der Waals surface area (Å²) in [5.41, 5.74) is 2.99. The highest BCUT2D eigenvalue weighted by atomic mass is 32.2. The van der Waals surface area contributed by atoms with Crippen LogP contribution in [0, 0.1) is 0 Å². The van der Waals surface area contributed by atoms with Gasteiger partial charge in [-0.05, 0) is 18.4 Å². The smallest absolute Gasteiger partial charge is 0.243 e. The topological polar surface area (TPSA) is 71.0 Å². The summed E-state index contributed by atoms with van der Waals surface area (Å²) in [7, 11) is 0. The zero-order valence-corrected chi connectivity index (χ0v) is 16.3. The number of carbonyl (C=O) groups excluding carboxylic acids is 1. The summed E-state index contributed by atoms with van der Waals surface area (Å²) < 4.78 is 1.08. The van der Waals surface area contributed by atoms with Crippen LogP contribution < -0.4 is 10.2 Å². The maximum absolute atomic E-state index is 12.8. The largest absolute Gasteiger partial charge is 0.350 e. The zero-order valence-electron chi connectivity index (χ0n) is 14.7. The van der Waals surface area contributed by atoms with Gasteiger partial charge in [-0.3, -0.25) is 4.79 Å². The third-order valence-electron chi connectivity index (χ3n) is 4.91. The SMILES string of the molecule is O=C(NCc1ccccc1)[C@H]1CSCN1c1nc2ncnc(C3CC3)c2s1. The fraction of sp³-hybridized carbons (Fsp3) is 0.368. The summed E-state index contributed by atoms with van der Waals surface area (Å²) in [6, 6.07) is 9.79. The molecule has 0 spiro atoms. The number of anilines is 1. The highest BCUT2D eigenvalue weighted by Crippen LogP contribution is 2.44. The van der Waals surface area contributed by atoms with E-state index in [1.807, 2.05) is 30.3 Å². The molecule has 3 aromatic rings. The number of thiazole rings is 1. The molecule has 1 saturated heterocycles. The number of thioether (sulfide) groups is 1. The molecule has 2 fully saturated rings. The Labute approximate surface area is 165 Å². The van der Waals surface area contributed by atoms with Crippen LogP contribution in [-0.2, 0) is 11.3 Å². The molecule has 1 aromatic carbocycles. The molecule has 1 saturated carbocycles. The van der Waals surface area contributed by atoms with Gasteiger partial charge in [0.1, 0.15) is 12.4 Å². The standard InChI is InChI=1S/C19H19N5OS2/c25-18(20-8-12-4-2-1-3-5-12)14-9-26-11-24(14)19-23-17-16(27-19)15(13-6-7-13)21-10-22-17/h1-5,10,13-14H,6-9,11H2,(H,20,25)/t14-/m1/s1. The van der Waals surface area contributed by atoms with E-state index in [0.717, 1.165) is 38.4 Å². The first kappa shape index (κ1) is 16.9. The molecule has 0 bridgehead atoms. The number of amides is 1. The van der Waals surface area contributed by atoms with Crippen LogP contribution in [0.1, 0.15) is 30.0 Å². The van der Waals surface area contributed by atoms with E-state index in [-0.39, 0.29) is 11.9 Å². The molecule has 138 valence electrons. The normalized spacial score (nSPS) is 19.6. The Morgan fingerprint density at radius 2 is 2.07 bits per heavy atom.